The van der Waals surface area contributed by atoms with Gasteiger partial charge in [-0.05, 0) is 12.1 Å². The third kappa shape index (κ3) is 4.30. The van der Waals surface area contributed by atoms with Crippen LogP contribution in [0.1, 0.15) is 0 Å². The molecule has 0 aromatic heterocycles. The Morgan fingerprint density at radius 3 is 1.89 bits per heavy atom. The maximum absolute atomic E-state index is 12.0. The molecule has 0 aliphatic rings. The van der Waals surface area contributed by atoms with Crippen LogP contribution in [0.2, 0.25) is 0 Å². The van der Waals surface area contributed by atoms with Crippen LogP contribution in [0.4, 0.5) is 10.5 Å². The molecule has 0 saturated carbocycles. The first-order valence-corrected chi connectivity index (χ1v) is 5.43. The molecule has 102 valence electrons. The summed E-state index contributed by atoms with van der Waals surface area (Å²) in [7, 11) is 1.45. The van der Waals surface area contributed by atoms with Crippen molar-refractivity contribution in [3.05, 3.63) is 30.3 Å². The molecule has 0 spiro atoms. The Morgan fingerprint density at radius 1 is 1.00 bits per heavy atom. The number of aliphatic carboxylic acids is 2. The zero-order chi connectivity index (χ0) is 14.4. The normalized spacial score (nSPS) is 9.74. The van der Waals surface area contributed by atoms with Gasteiger partial charge in [0.05, 0.1) is 0 Å². The number of rotatable bonds is 5. The third-order valence-electron chi connectivity index (χ3n) is 2.35. The summed E-state index contributed by atoms with van der Waals surface area (Å²) in [6, 6.07) is 7.86. The fourth-order valence-corrected chi connectivity index (χ4v) is 1.49. The molecule has 2 N–H and O–H groups in total. The monoisotopic (exact) mass is 266 g/mol. The Kier molecular flexibility index (Phi) is 4.87. The molecule has 0 heterocycles. The van der Waals surface area contributed by atoms with E-state index in [-0.39, 0.29) is 0 Å². The Balaban J connectivity index is 2.86. The summed E-state index contributed by atoms with van der Waals surface area (Å²) >= 11 is 0. The lowest BCUT2D eigenvalue weighted by atomic mass is 10.3. The molecule has 0 saturated heterocycles. The summed E-state index contributed by atoms with van der Waals surface area (Å²) in [4.78, 5) is 35.3. The van der Waals surface area contributed by atoms with Gasteiger partial charge >= 0.3 is 18.0 Å². The SMILES string of the molecule is CN(C(=O)N(CC(=O)O)CC(=O)O)c1ccccc1. The van der Waals surface area contributed by atoms with Crippen LogP contribution in [0.5, 0.6) is 0 Å². The van der Waals surface area contributed by atoms with Gasteiger partial charge in [0.1, 0.15) is 13.1 Å². The molecule has 0 unspecified atom stereocenters. The molecule has 2 amide bonds. The van der Waals surface area contributed by atoms with E-state index in [1.807, 2.05) is 0 Å². The lowest BCUT2D eigenvalue weighted by Crippen LogP contribution is -2.46. The minimum Gasteiger partial charge on any atom is -0.480 e. The molecule has 0 bridgehead atoms. The third-order valence-corrected chi connectivity index (χ3v) is 2.35. The van der Waals surface area contributed by atoms with E-state index in [2.05, 4.69) is 0 Å². The van der Waals surface area contributed by atoms with Gasteiger partial charge in [-0.2, -0.15) is 0 Å². The van der Waals surface area contributed by atoms with E-state index in [0.717, 1.165) is 4.90 Å². The number of carboxylic acid groups (broad SMARTS) is 2. The quantitative estimate of drug-likeness (QED) is 0.818. The average molecular weight is 266 g/mol. The molecule has 1 aromatic carbocycles. The molecule has 1 rings (SSSR count). The van der Waals surface area contributed by atoms with Gasteiger partial charge in [-0.15, -0.1) is 0 Å². The summed E-state index contributed by atoms with van der Waals surface area (Å²) in [5, 5.41) is 17.4. The van der Waals surface area contributed by atoms with E-state index in [1.165, 1.54) is 11.9 Å². The lowest BCUT2D eigenvalue weighted by Gasteiger charge is -2.25. The van der Waals surface area contributed by atoms with Gasteiger partial charge < -0.3 is 15.1 Å². The summed E-state index contributed by atoms with van der Waals surface area (Å²) in [6.45, 7) is -1.33. The summed E-state index contributed by atoms with van der Waals surface area (Å²) in [6.07, 6.45) is 0. The van der Waals surface area contributed by atoms with Crippen LogP contribution in [0.25, 0.3) is 0 Å². The van der Waals surface area contributed by atoms with Crippen molar-refractivity contribution in [3.8, 4) is 0 Å². The molecule has 0 aliphatic heterocycles. The predicted octanol–water partition coefficient (Wildman–Crippen LogP) is 0.714. The highest BCUT2D eigenvalue weighted by Gasteiger charge is 2.23. The maximum Gasteiger partial charge on any atom is 0.325 e. The zero-order valence-corrected chi connectivity index (χ0v) is 10.3. The van der Waals surface area contributed by atoms with Gasteiger partial charge in [-0.3, -0.25) is 14.5 Å². The van der Waals surface area contributed by atoms with Crippen LogP contribution in [0.15, 0.2) is 30.3 Å². The van der Waals surface area contributed by atoms with Crippen molar-refractivity contribution in [3.63, 3.8) is 0 Å². The van der Waals surface area contributed by atoms with Crippen molar-refractivity contribution < 1.29 is 24.6 Å². The van der Waals surface area contributed by atoms with Crippen LogP contribution in [-0.4, -0.2) is 53.2 Å². The van der Waals surface area contributed by atoms with Crippen molar-refractivity contribution in [1.29, 1.82) is 0 Å². The summed E-state index contributed by atoms with van der Waals surface area (Å²) < 4.78 is 0. The van der Waals surface area contributed by atoms with Gasteiger partial charge in [-0.25, -0.2) is 4.79 Å². The Bertz CT molecular complexity index is 458. The number of urea groups is 1. The van der Waals surface area contributed by atoms with Crippen molar-refractivity contribution in [1.82, 2.24) is 4.90 Å². The van der Waals surface area contributed by atoms with Crippen LogP contribution < -0.4 is 4.90 Å². The molecular weight excluding hydrogens is 252 g/mol. The smallest absolute Gasteiger partial charge is 0.325 e. The second-order valence-corrected chi connectivity index (χ2v) is 3.82. The number of carboxylic acids is 2. The van der Waals surface area contributed by atoms with E-state index in [4.69, 9.17) is 10.2 Å². The number of anilines is 1. The lowest BCUT2D eigenvalue weighted by molar-refractivity contribution is -0.140. The number of amides is 2. The van der Waals surface area contributed by atoms with Crippen molar-refractivity contribution in [2.75, 3.05) is 25.0 Å². The average Bonchev–Trinajstić information content (AvgIpc) is 2.36. The first kappa shape index (κ1) is 14.5. The number of carbonyl (C=O) groups is 3. The van der Waals surface area contributed by atoms with E-state index in [1.54, 1.807) is 30.3 Å². The molecular formula is C12H14N2O5. The second-order valence-electron chi connectivity index (χ2n) is 3.82. The number of para-hydroxylation sites is 1. The van der Waals surface area contributed by atoms with Crippen LogP contribution in [0, 0.1) is 0 Å². The van der Waals surface area contributed by atoms with Crippen molar-refractivity contribution in [2.45, 2.75) is 0 Å². The van der Waals surface area contributed by atoms with Crippen molar-refractivity contribution >= 4 is 23.7 Å². The van der Waals surface area contributed by atoms with Gasteiger partial charge in [0.2, 0.25) is 0 Å². The molecule has 19 heavy (non-hydrogen) atoms. The topological polar surface area (TPSA) is 98.2 Å². The molecule has 0 atom stereocenters. The van der Waals surface area contributed by atoms with E-state index >= 15 is 0 Å². The molecule has 1 aromatic rings. The largest absolute Gasteiger partial charge is 0.480 e. The van der Waals surface area contributed by atoms with E-state index < -0.39 is 31.1 Å². The fourth-order valence-electron chi connectivity index (χ4n) is 1.49. The van der Waals surface area contributed by atoms with Crippen molar-refractivity contribution in [2.24, 2.45) is 0 Å². The number of nitrogens with zero attached hydrogens (tertiary/aromatic N) is 2. The Labute approximate surface area is 109 Å². The standard InChI is InChI=1S/C12H14N2O5/c1-13(9-5-3-2-4-6-9)12(19)14(7-10(15)16)8-11(17)18/h2-6H,7-8H2,1H3,(H,15,16)(H,17,18). The highest BCUT2D eigenvalue weighted by Crippen LogP contribution is 2.13. The molecule has 7 heteroatoms. The van der Waals surface area contributed by atoms with E-state index in [0.29, 0.717) is 5.69 Å². The molecule has 0 radical (unpaired) electrons. The minimum absolute atomic E-state index is 0.549. The number of carbonyl (C=O) groups excluding carboxylic acids is 1. The first-order chi connectivity index (χ1) is 8.91. The van der Waals surface area contributed by atoms with E-state index in [9.17, 15) is 14.4 Å². The Morgan fingerprint density at radius 2 is 1.47 bits per heavy atom. The van der Waals surface area contributed by atoms with Crippen LogP contribution in [-0.2, 0) is 9.59 Å². The highest BCUT2D eigenvalue weighted by atomic mass is 16.4. The van der Waals surface area contributed by atoms with Gasteiger partial charge in [0.25, 0.3) is 0 Å². The molecule has 7 nitrogen and oxygen atoms in total. The van der Waals surface area contributed by atoms with Gasteiger partial charge in [-0.1, -0.05) is 18.2 Å². The van der Waals surface area contributed by atoms with Crippen LogP contribution >= 0.6 is 0 Å². The predicted molar refractivity (Wildman–Crippen MR) is 67.1 cm³/mol. The molecule has 0 fully saturated rings. The number of benzene rings is 1. The summed E-state index contributed by atoms with van der Waals surface area (Å²) in [5.41, 5.74) is 0.549. The Hall–Kier alpha value is -2.57. The first-order valence-electron chi connectivity index (χ1n) is 5.43. The second kappa shape index (κ2) is 6.39. The maximum atomic E-state index is 12.0. The van der Waals surface area contributed by atoms with Gasteiger partial charge in [0, 0.05) is 12.7 Å². The zero-order valence-electron chi connectivity index (χ0n) is 10.3. The minimum atomic E-state index is -1.27. The van der Waals surface area contributed by atoms with Gasteiger partial charge in [0.15, 0.2) is 0 Å². The highest BCUT2D eigenvalue weighted by molar-refractivity contribution is 5.94. The number of hydrogen-bond donors (Lipinski definition) is 2. The van der Waals surface area contributed by atoms with Crippen LogP contribution in [0.3, 0.4) is 0 Å². The summed E-state index contributed by atoms with van der Waals surface area (Å²) in [5.74, 6) is -2.54. The fraction of sp³-hybridized carbons (Fsp3) is 0.250. The number of hydrogen-bond acceptors (Lipinski definition) is 3. The molecule has 0 aliphatic carbocycles.